The van der Waals surface area contributed by atoms with Gasteiger partial charge in [-0.2, -0.15) is 0 Å². The molecule has 1 aromatic rings. The van der Waals surface area contributed by atoms with Crippen LogP contribution in [0.15, 0.2) is 47.7 Å². The van der Waals surface area contributed by atoms with E-state index in [-0.39, 0.29) is 11.1 Å². The third kappa shape index (κ3) is 6.23. The molecule has 12 heteroatoms. The van der Waals surface area contributed by atoms with Crippen molar-refractivity contribution < 1.29 is 54.6 Å². The highest BCUT2D eigenvalue weighted by atomic mass is 16.6. The number of phenols is 2. The Labute approximate surface area is 266 Å². The molecule has 1 aromatic carbocycles. The Morgan fingerprint density at radius 3 is 1.96 bits per heavy atom. The molecule has 248 valence electrons. The standard InChI is InChI=1S/C34H41NO11/c1-13-9-7-8-10-22(37)35-20-12-21(36)23-24(30(42)16(4)31(43)25(23)32(20)44)27(39)14(2)11-19-29(41)18(6)33(46-34(19)45)17(5)28(40)15(3)26(13)38/h7-13,15,17-19,26,28-29,33-34,38,40-43,45H,1-6H3,(H,35,37). The molecule has 4 aliphatic heterocycles. The van der Waals surface area contributed by atoms with Gasteiger partial charge in [-0.25, -0.2) is 0 Å². The Balaban J connectivity index is 1.86. The molecule has 5 aliphatic rings. The fourth-order valence-electron chi connectivity index (χ4n) is 6.49. The quantitative estimate of drug-likeness (QED) is 0.218. The van der Waals surface area contributed by atoms with Crippen molar-refractivity contribution in [1.82, 2.24) is 5.32 Å². The molecule has 0 spiro atoms. The second-order valence-electron chi connectivity index (χ2n) is 12.6. The van der Waals surface area contributed by atoms with Crippen LogP contribution < -0.4 is 5.32 Å². The molecule has 10 atom stereocenters. The van der Waals surface area contributed by atoms with Gasteiger partial charge in [0.05, 0.1) is 52.7 Å². The van der Waals surface area contributed by atoms with E-state index in [9.17, 15) is 49.8 Å². The largest absolute Gasteiger partial charge is 0.507 e. The molecule has 1 fully saturated rings. The van der Waals surface area contributed by atoms with Crippen LogP contribution >= 0.6 is 0 Å². The van der Waals surface area contributed by atoms with Crippen LogP contribution in [-0.2, 0) is 9.53 Å². The lowest BCUT2D eigenvalue weighted by molar-refractivity contribution is -0.254. The van der Waals surface area contributed by atoms with Gasteiger partial charge in [0, 0.05) is 41.4 Å². The summed E-state index contributed by atoms with van der Waals surface area (Å²) in [6.07, 6.45) is 1.72. The first-order valence-electron chi connectivity index (χ1n) is 15.1. The van der Waals surface area contributed by atoms with Gasteiger partial charge in [-0.1, -0.05) is 52.0 Å². The van der Waals surface area contributed by atoms with E-state index in [0.717, 1.165) is 12.2 Å². The molecule has 12 nitrogen and oxygen atoms in total. The van der Waals surface area contributed by atoms with Crippen molar-refractivity contribution >= 4 is 23.3 Å². The molecule has 46 heavy (non-hydrogen) atoms. The number of ether oxygens (including phenoxy) is 1. The number of phenolic OH excluding ortho intramolecular Hbond substituents is 2. The topological polar surface area (TPSA) is 211 Å². The van der Waals surface area contributed by atoms with E-state index in [1.807, 2.05) is 0 Å². The zero-order valence-corrected chi connectivity index (χ0v) is 26.5. The van der Waals surface area contributed by atoms with Crippen LogP contribution in [-0.4, -0.2) is 84.6 Å². The molecular weight excluding hydrogens is 598 g/mol. The average molecular weight is 640 g/mol. The van der Waals surface area contributed by atoms with Crippen molar-refractivity contribution in [1.29, 1.82) is 0 Å². The van der Waals surface area contributed by atoms with Gasteiger partial charge in [0.25, 0.3) is 0 Å². The number of ketones is 3. The van der Waals surface area contributed by atoms with E-state index < -0.39 is 117 Å². The SMILES string of the molecule is CC1=CC2C(O)OC(C(C)C(O)C(C)C(O)C(C)C=CC=CC(=O)NC3=CC(=O)c4c(c(O)c(C)c(O)c4C3=O)C1=O)C(C)C2O. The molecule has 0 saturated carbocycles. The number of rotatable bonds is 0. The number of aliphatic hydroxyl groups is 4. The second-order valence-corrected chi connectivity index (χ2v) is 12.6. The van der Waals surface area contributed by atoms with E-state index in [4.69, 9.17) is 4.74 Å². The Morgan fingerprint density at radius 2 is 1.33 bits per heavy atom. The number of nitrogens with one attached hydrogen (secondary N) is 1. The third-order valence-electron chi connectivity index (χ3n) is 9.49. The number of Topliss-reactive ketones (excluding diaryl/α,β-unsaturated/α-hetero) is 2. The highest BCUT2D eigenvalue weighted by Crippen LogP contribution is 2.42. The Hall–Kier alpha value is -3.94. The summed E-state index contributed by atoms with van der Waals surface area (Å²) in [5.41, 5.74) is -2.52. The summed E-state index contributed by atoms with van der Waals surface area (Å²) < 4.78 is 5.88. The Morgan fingerprint density at radius 1 is 0.739 bits per heavy atom. The van der Waals surface area contributed by atoms with Crippen LogP contribution in [0.2, 0.25) is 0 Å². The summed E-state index contributed by atoms with van der Waals surface area (Å²) in [6, 6.07) is 0. The van der Waals surface area contributed by atoms with Gasteiger partial charge >= 0.3 is 0 Å². The average Bonchev–Trinajstić information content (AvgIpc) is 3.01. The van der Waals surface area contributed by atoms with Gasteiger partial charge in [-0.15, -0.1) is 0 Å². The number of aliphatic hydroxyl groups excluding tert-OH is 4. The molecule has 1 saturated heterocycles. The lowest BCUT2D eigenvalue weighted by atomic mass is 9.75. The van der Waals surface area contributed by atoms with Crippen molar-refractivity contribution in [3.63, 3.8) is 0 Å². The summed E-state index contributed by atoms with van der Waals surface area (Å²) in [5.74, 6) is -8.66. The first-order valence-corrected chi connectivity index (χ1v) is 15.1. The van der Waals surface area contributed by atoms with Gasteiger partial charge in [0.15, 0.2) is 17.9 Å². The minimum absolute atomic E-state index is 0.113. The van der Waals surface area contributed by atoms with Gasteiger partial charge in [-0.3, -0.25) is 19.2 Å². The smallest absolute Gasteiger partial charge is 0.248 e. The van der Waals surface area contributed by atoms with Crippen LogP contribution in [0.4, 0.5) is 0 Å². The van der Waals surface area contributed by atoms with E-state index in [1.165, 1.54) is 32.1 Å². The number of hydrogen-bond donors (Lipinski definition) is 7. The monoisotopic (exact) mass is 639 g/mol. The van der Waals surface area contributed by atoms with Crippen LogP contribution in [0.3, 0.4) is 0 Å². The Bertz CT molecular complexity index is 1570. The maximum absolute atomic E-state index is 13.8. The highest BCUT2D eigenvalue weighted by Gasteiger charge is 2.46. The number of aromatic hydroxyl groups is 2. The highest BCUT2D eigenvalue weighted by molar-refractivity contribution is 6.31. The summed E-state index contributed by atoms with van der Waals surface area (Å²) in [5, 5.41) is 68.4. The molecule has 1 amide bonds. The Kier molecular flexibility index (Phi) is 10.2. The van der Waals surface area contributed by atoms with Gasteiger partial charge < -0.3 is 40.7 Å². The summed E-state index contributed by atoms with van der Waals surface area (Å²) in [4.78, 5) is 53.2. The summed E-state index contributed by atoms with van der Waals surface area (Å²) in [7, 11) is 0. The normalized spacial score (nSPS) is 34.4. The zero-order valence-electron chi connectivity index (χ0n) is 26.5. The lowest BCUT2D eigenvalue weighted by Crippen LogP contribution is -2.54. The van der Waals surface area contributed by atoms with Crippen molar-refractivity contribution in [2.45, 2.75) is 72.2 Å². The molecule has 0 radical (unpaired) electrons. The predicted octanol–water partition coefficient (Wildman–Crippen LogP) is 2.00. The first kappa shape index (κ1) is 34.9. The van der Waals surface area contributed by atoms with E-state index in [2.05, 4.69) is 5.32 Å². The van der Waals surface area contributed by atoms with E-state index >= 15 is 0 Å². The molecular formula is C34H41NO11. The molecule has 6 rings (SSSR count). The molecule has 10 unspecified atom stereocenters. The minimum Gasteiger partial charge on any atom is -0.507 e. The molecule has 0 aromatic heterocycles. The maximum Gasteiger partial charge on any atom is 0.248 e. The minimum atomic E-state index is -1.62. The van der Waals surface area contributed by atoms with Gasteiger partial charge in [0.1, 0.15) is 11.5 Å². The summed E-state index contributed by atoms with van der Waals surface area (Å²) in [6.45, 7) is 9.30. The zero-order chi connectivity index (χ0) is 34.4. The van der Waals surface area contributed by atoms with Crippen LogP contribution in [0.5, 0.6) is 11.5 Å². The van der Waals surface area contributed by atoms with Crippen LogP contribution in [0.1, 0.15) is 71.3 Å². The number of allylic oxidation sites excluding steroid dienone is 5. The van der Waals surface area contributed by atoms with Crippen molar-refractivity contribution in [3.05, 3.63) is 70.0 Å². The number of carbonyl (C=O) groups is 4. The van der Waals surface area contributed by atoms with E-state index in [0.29, 0.717) is 0 Å². The summed E-state index contributed by atoms with van der Waals surface area (Å²) >= 11 is 0. The molecule has 4 heterocycles. The van der Waals surface area contributed by atoms with Crippen molar-refractivity contribution in [2.75, 3.05) is 0 Å². The van der Waals surface area contributed by atoms with Gasteiger partial charge in [-0.05, 0) is 19.4 Å². The van der Waals surface area contributed by atoms with Crippen molar-refractivity contribution in [2.24, 2.45) is 29.6 Å². The van der Waals surface area contributed by atoms with E-state index in [1.54, 1.807) is 33.8 Å². The molecule has 6 bridgehead atoms. The second kappa shape index (κ2) is 13.4. The van der Waals surface area contributed by atoms with Crippen LogP contribution in [0, 0.1) is 36.5 Å². The first-order chi connectivity index (χ1) is 21.5. The fraction of sp³-hybridized carbons (Fsp3) is 0.471. The number of carbonyl (C=O) groups excluding carboxylic acids is 4. The number of hydrogen-bond acceptors (Lipinski definition) is 11. The number of amides is 1. The lowest BCUT2D eigenvalue weighted by Gasteiger charge is -2.45. The van der Waals surface area contributed by atoms with Crippen LogP contribution in [0.25, 0.3) is 0 Å². The number of fused-ring (bicyclic) bond motifs is 1. The third-order valence-corrected chi connectivity index (χ3v) is 9.49. The predicted molar refractivity (Wildman–Crippen MR) is 165 cm³/mol. The number of benzene rings is 1. The maximum atomic E-state index is 13.8. The fourth-order valence-corrected chi connectivity index (χ4v) is 6.49. The van der Waals surface area contributed by atoms with Gasteiger partial charge in [0.2, 0.25) is 11.7 Å². The molecule has 1 aliphatic carbocycles. The molecule has 7 N–H and O–H groups in total. The van der Waals surface area contributed by atoms with Crippen molar-refractivity contribution in [3.8, 4) is 11.5 Å².